The first-order chi connectivity index (χ1) is 17.2. The number of carbonyl (C=O) groups is 3. The Balaban J connectivity index is 1.65. The Hall–Kier alpha value is -2.67. The number of Topliss-reactive ketones (excluding diaryl/α,β-unsaturated/α-hetero) is 2. The predicted octanol–water partition coefficient (Wildman–Crippen LogP) is 5.17. The minimum absolute atomic E-state index is 0.0437. The highest BCUT2D eigenvalue weighted by molar-refractivity contribution is 5.99. The Bertz CT molecular complexity index is 896. The normalized spacial score (nSPS) is 18.6. The van der Waals surface area contributed by atoms with Crippen molar-refractivity contribution in [2.75, 3.05) is 13.6 Å². The van der Waals surface area contributed by atoms with Gasteiger partial charge in [-0.05, 0) is 49.8 Å². The number of aliphatic hydroxyl groups excluding tert-OH is 1. The molecule has 0 spiro atoms. The molecule has 0 unspecified atom stereocenters. The van der Waals surface area contributed by atoms with E-state index in [-0.39, 0.29) is 47.1 Å². The van der Waals surface area contributed by atoms with Gasteiger partial charge in [0, 0.05) is 31.4 Å². The SMILES string of the molecule is CCCCC[C@@H](O)C=C[C@H]1CCC(=O)[C@@H]1CCCCCCC(=O)N(C)CC(=O)c1ccc(O)c(O)c1. The van der Waals surface area contributed by atoms with Crippen molar-refractivity contribution in [1.82, 2.24) is 4.90 Å². The van der Waals surface area contributed by atoms with Crippen molar-refractivity contribution in [3.63, 3.8) is 0 Å². The van der Waals surface area contributed by atoms with E-state index in [1.54, 1.807) is 7.05 Å². The number of rotatable bonds is 16. The smallest absolute Gasteiger partial charge is 0.222 e. The molecule has 7 heteroatoms. The summed E-state index contributed by atoms with van der Waals surface area (Å²) in [6.45, 7) is 2.06. The topological polar surface area (TPSA) is 115 Å². The number of hydrogen-bond acceptors (Lipinski definition) is 6. The summed E-state index contributed by atoms with van der Waals surface area (Å²) in [7, 11) is 1.58. The van der Waals surface area contributed by atoms with Crippen molar-refractivity contribution in [2.24, 2.45) is 11.8 Å². The molecule has 7 nitrogen and oxygen atoms in total. The number of aromatic hydroxyl groups is 2. The van der Waals surface area contributed by atoms with E-state index in [1.165, 1.54) is 23.1 Å². The number of hydrogen-bond donors (Lipinski definition) is 3. The van der Waals surface area contributed by atoms with Gasteiger partial charge in [-0.15, -0.1) is 0 Å². The van der Waals surface area contributed by atoms with Gasteiger partial charge in [0.1, 0.15) is 5.78 Å². The minimum atomic E-state index is -0.424. The van der Waals surface area contributed by atoms with Gasteiger partial charge in [0.25, 0.3) is 0 Å². The molecule has 1 aliphatic rings. The number of likely N-dealkylation sites (N-methyl/N-ethyl adjacent to an activating group) is 1. The Labute approximate surface area is 215 Å². The van der Waals surface area contributed by atoms with E-state index in [2.05, 4.69) is 13.0 Å². The Kier molecular flexibility index (Phi) is 12.7. The molecule has 0 aromatic heterocycles. The van der Waals surface area contributed by atoms with Crippen LogP contribution in [0.3, 0.4) is 0 Å². The highest BCUT2D eigenvalue weighted by Crippen LogP contribution is 2.34. The number of ketones is 2. The van der Waals surface area contributed by atoms with Crippen LogP contribution in [0, 0.1) is 11.8 Å². The second-order valence-electron chi connectivity index (χ2n) is 10.1. The molecule has 3 atom stereocenters. The number of benzene rings is 1. The second-order valence-corrected chi connectivity index (χ2v) is 10.1. The summed E-state index contributed by atoms with van der Waals surface area (Å²) in [5.74, 6) is -0.481. The summed E-state index contributed by atoms with van der Waals surface area (Å²) < 4.78 is 0. The van der Waals surface area contributed by atoms with Crippen LogP contribution in [-0.2, 0) is 9.59 Å². The van der Waals surface area contributed by atoms with Gasteiger partial charge in [-0.25, -0.2) is 0 Å². The number of nitrogens with zero attached hydrogens (tertiary/aromatic N) is 1. The molecule has 1 amide bonds. The van der Waals surface area contributed by atoms with E-state index in [1.807, 2.05) is 6.08 Å². The highest BCUT2D eigenvalue weighted by atomic mass is 16.3. The monoisotopic (exact) mass is 501 g/mol. The third-order valence-electron chi connectivity index (χ3n) is 7.10. The van der Waals surface area contributed by atoms with Crippen molar-refractivity contribution in [3.8, 4) is 11.5 Å². The van der Waals surface area contributed by atoms with Crippen molar-refractivity contribution >= 4 is 17.5 Å². The van der Waals surface area contributed by atoms with Crippen LogP contribution in [0.5, 0.6) is 11.5 Å². The van der Waals surface area contributed by atoms with Crippen molar-refractivity contribution < 1.29 is 29.7 Å². The van der Waals surface area contributed by atoms with Gasteiger partial charge >= 0.3 is 0 Å². The lowest BCUT2D eigenvalue weighted by molar-refractivity contribution is -0.129. The molecule has 36 heavy (non-hydrogen) atoms. The Morgan fingerprint density at radius 1 is 1.08 bits per heavy atom. The molecule has 200 valence electrons. The van der Waals surface area contributed by atoms with Crippen LogP contribution < -0.4 is 0 Å². The minimum Gasteiger partial charge on any atom is -0.504 e. The quantitative estimate of drug-likeness (QED) is 0.125. The average Bonchev–Trinajstić information content (AvgIpc) is 3.20. The van der Waals surface area contributed by atoms with Gasteiger partial charge in [-0.2, -0.15) is 0 Å². The lowest BCUT2D eigenvalue weighted by atomic mass is 9.89. The van der Waals surface area contributed by atoms with E-state index in [0.29, 0.717) is 18.6 Å². The molecule has 1 saturated carbocycles. The maximum absolute atomic E-state index is 12.4. The van der Waals surface area contributed by atoms with Gasteiger partial charge in [0.2, 0.25) is 5.91 Å². The molecule has 1 fully saturated rings. The van der Waals surface area contributed by atoms with Crippen LogP contribution in [0.4, 0.5) is 0 Å². The molecule has 1 aromatic rings. The van der Waals surface area contributed by atoms with E-state index in [0.717, 1.165) is 64.2 Å². The van der Waals surface area contributed by atoms with Crippen LogP contribution in [0.1, 0.15) is 94.3 Å². The van der Waals surface area contributed by atoms with Crippen LogP contribution in [0.25, 0.3) is 0 Å². The average molecular weight is 502 g/mol. The predicted molar refractivity (Wildman–Crippen MR) is 140 cm³/mol. The number of unbranched alkanes of at least 4 members (excludes halogenated alkanes) is 5. The molecular weight excluding hydrogens is 458 g/mol. The number of phenols is 2. The molecule has 0 aliphatic heterocycles. The van der Waals surface area contributed by atoms with Crippen LogP contribution in [0.15, 0.2) is 30.4 Å². The van der Waals surface area contributed by atoms with Crippen molar-refractivity contribution in [2.45, 2.75) is 90.1 Å². The van der Waals surface area contributed by atoms with Crippen LogP contribution in [0.2, 0.25) is 0 Å². The maximum atomic E-state index is 12.4. The highest BCUT2D eigenvalue weighted by Gasteiger charge is 2.32. The molecule has 0 bridgehead atoms. The Morgan fingerprint density at radius 2 is 1.83 bits per heavy atom. The first-order valence-electron chi connectivity index (χ1n) is 13.4. The van der Waals surface area contributed by atoms with Crippen molar-refractivity contribution in [3.05, 3.63) is 35.9 Å². The zero-order valence-corrected chi connectivity index (χ0v) is 21.8. The third-order valence-corrected chi connectivity index (χ3v) is 7.10. The first-order valence-corrected chi connectivity index (χ1v) is 13.4. The summed E-state index contributed by atoms with van der Waals surface area (Å²) in [4.78, 5) is 38.4. The second kappa shape index (κ2) is 15.4. The largest absolute Gasteiger partial charge is 0.504 e. The van der Waals surface area contributed by atoms with Crippen LogP contribution >= 0.6 is 0 Å². The van der Waals surface area contributed by atoms with Gasteiger partial charge in [0.15, 0.2) is 17.3 Å². The number of amides is 1. The number of phenolic OH excluding ortho intramolecular Hbond substituents is 2. The lowest BCUT2D eigenvalue weighted by Crippen LogP contribution is -2.31. The number of allylic oxidation sites excluding steroid dienone is 1. The summed E-state index contributed by atoms with van der Waals surface area (Å²) in [6.07, 6.45) is 13.8. The fourth-order valence-corrected chi connectivity index (χ4v) is 4.79. The summed E-state index contributed by atoms with van der Waals surface area (Å²) in [6, 6.07) is 3.86. The molecular formula is C29H43NO6. The molecule has 3 N–H and O–H groups in total. The van der Waals surface area contributed by atoms with E-state index >= 15 is 0 Å². The third kappa shape index (κ3) is 9.76. The molecule has 0 radical (unpaired) electrons. The zero-order valence-electron chi connectivity index (χ0n) is 21.8. The maximum Gasteiger partial charge on any atom is 0.222 e. The standard InChI is InChI=1S/C29H43NO6/c1-3-4-7-10-23(31)16-13-21-14-17-25(32)24(21)11-8-5-6-9-12-29(36)30(2)20-28(35)22-15-18-26(33)27(34)19-22/h13,15-16,18-19,21,23-24,31,33-34H,3-12,14,17,20H2,1-2H3/t21-,23+,24+/m0/s1. The van der Waals surface area contributed by atoms with Crippen molar-refractivity contribution in [1.29, 1.82) is 0 Å². The van der Waals surface area contributed by atoms with Gasteiger partial charge in [-0.1, -0.05) is 57.6 Å². The summed E-state index contributed by atoms with van der Waals surface area (Å²) >= 11 is 0. The Morgan fingerprint density at radius 3 is 2.56 bits per heavy atom. The molecule has 0 saturated heterocycles. The zero-order chi connectivity index (χ0) is 26.5. The van der Waals surface area contributed by atoms with E-state index < -0.39 is 6.10 Å². The summed E-state index contributed by atoms with van der Waals surface area (Å²) in [5, 5.41) is 29.0. The lowest BCUT2D eigenvalue weighted by Gasteiger charge is -2.17. The van der Waals surface area contributed by atoms with E-state index in [9.17, 15) is 29.7 Å². The number of carbonyl (C=O) groups excluding carboxylic acids is 3. The fraction of sp³-hybridized carbons (Fsp3) is 0.621. The van der Waals surface area contributed by atoms with E-state index in [4.69, 9.17) is 0 Å². The van der Waals surface area contributed by atoms with Crippen LogP contribution in [-0.4, -0.2) is 57.4 Å². The first kappa shape index (κ1) is 29.6. The molecule has 2 rings (SSSR count). The van der Waals surface area contributed by atoms with Gasteiger partial charge < -0.3 is 20.2 Å². The van der Waals surface area contributed by atoms with Gasteiger partial charge in [-0.3, -0.25) is 14.4 Å². The molecule has 1 aromatic carbocycles. The van der Waals surface area contributed by atoms with Gasteiger partial charge in [0.05, 0.1) is 12.6 Å². The summed E-state index contributed by atoms with van der Waals surface area (Å²) in [5.41, 5.74) is 0.241. The number of aliphatic hydroxyl groups is 1. The fourth-order valence-electron chi connectivity index (χ4n) is 4.79. The molecule has 0 heterocycles. The molecule has 1 aliphatic carbocycles.